The number of aryl methyl sites for hydroxylation is 2. The van der Waals surface area contributed by atoms with Crippen molar-refractivity contribution in [3.05, 3.63) is 68.3 Å². The molecule has 0 bridgehead atoms. The minimum absolute atomic E-state index is 0.0429. The number of amides is 1. The first kappa shape index (κ1) is 24.6. The highest BCUT2D eigenvalue weighted by molar-refractivity contribution is 6.38. The van der Waals surface area contributed by atoms with E-state index in [2.05, 4.69) is 35.5 Å². The summed E-state index contributed by atoms with van der Waals surface area (Å²) in [6.07, 6.45) is 0.494. The number of hydrogen-bond donors (Lipinski definition) is 0. The number of nitriles is 1. The maximum absolute atomic E-state index is 13.3. The molecule has 0 N–H and O–H groups in total. The monoisotopic (exact) mass is 496 g/mol. The van der Waals surface area contributed by atoms with Crippen molar-refractivity contribution < 1.29 is 4.79 Å². The van der Waals surface area contributed by atoms with Crippen molar-refractivity contribution in [3.8, 4) is 6.07 Å². The number of carbonyl (C=O) groups is 1. The van der Waals surface area contributed by atoms with Crippen molar-refractivity contribution in [2.75, 3.05) is 32.7 Å². The quantitative estimate of drug-likeness (QED) is 0.457. The number of benzene rings is 2. The summed E-state index contributed by atoms with van der Waals surface area (Å²) in [7, 11) is 1.98. The van der Waals surface area contributed by atoms with Crippen LogP contribution in [0.2, 0.25) is 10.0 Å². The molecule has 0 unspecified atom stereocenters. The van der Waals surface area contributed by atoms with Crippen LogP contribution in [0.15, 0.2) is 30.3 Å². The van der Waals surface area contributed by atoms with E-state index in [4.69, 9.17) is 23.2 Å². The molecular weight excluding hydrogens is 467 g/mol. The molecule has 0 spiro atoms. The van der Waals surface area contributed by atoms with Crippen LogP contribution in [-0.2, 0) is 13.5 Å². The number of hydrogen-bond acceptors (Lipinski definition) is 3. The van der Waals surface area contributed by atoms with Gasteiger partial charge < -0.3 is 9.47 Å². The van der Waals surface area contributed by atoms with Crippen LogP contribution in [0.4, 0.5) is 0 Å². The molecule has 1 saturated heterocycles. The fraction of sp³-hybridized carbons (Fsp3) is 0.407. The van der Waals surface area contributed by atoms with Crippen molar-refractivity contribution in [2.45, 2.75) is 27.2 Å². The summed E-state index contributed by atoms with van der Waals surface area (Å²) in [6.45, 7) is 10.6. The van der Waals surface area contributed by atoms with Gasteiger partial charge in [0.15, 0.2) is 0 Å². The lowest BCUT2D eigenvalue weighted by Gasteiger charge is -2.35. The van der Waals surface area contributed by atoms with Crippen LogP contribution in [0.5, 0.6) is 0 Å². The molecule has 1 fully saturated rings. The van der Waals surface area contributed by atoms with Crippen molar-refractivity contribution in [1.82, 2.24) is 14.4 Å². The van der Waals surface area contributed by atoms with Gasteiger partial charge in [0.2, 0.25) is 0 Å². The molecule has 3 aromatic rings. The Labute approximate surface area is 211 Å². The third-order valence-electron chi connectivity index (χ3n) is 6.65. The van der Waals surface area contributed by atoms with Gasteiger partial charge in [-0.3, -0.25) is 9.69 Å². The van der Waals surface area contributed by atoms with Crippen molar-refractivity contribution >= 4 is 40.0 Å². The highest BCUT2D eigenvalue weighted by Gasteiger charge is 2.26. The number of halogens is 2. The molecule has 1 aliphatic rings. The summed E-state index contributed by atoms with van der Waals surface area (Å²) < 4.78 is 2.07. The largest absolute Gasteiger partial charge is 0.347 e. The zero-order valence-electron chi connectivity index (χ0n) is 20.2. The number of rotatable bonds is 5. The van der Waals surface area contributed by atoms with Crippen molar-refractivity contribution in [2.24, 2.45) is 13.0 Å². The Morgan fingerprint density at radius 1 is 1.12 bits per heavy atom. The summed E-state index contributed by atoms with van der Waals surface area (Å²) in [5.74, 6) is 0.568. The van der Waals surface area contributed by atoms with Gasteiger partial charge in [-0.15, -0.1) is 0 Å². The van der Waals surface area contributed by atoms with E-state index in [1.165, 1.54) is 0 Å². The first-order chi connectivity index (χ1) is 16.2. The van der Waals surface area contributed by atoms with Crippen LogP contribution in [0.1, 0.15) is 46.6 Å². The van der Waals surface area contributed by atoms with E-state index in [1.54, 1.807) is 12.1 Å². The lowest BCUT2D eigenvalue weighted by molar-refractivity contribution is 0.0624. The number of aromatic nitrogens is 1. The Hall–Kier alpha value is -2.52. The molecule has 0 aliphatic carbocycles. The van der Waals surface area contributed by atoms with Crippen LogP contribution in [0.25, 0.3) is 10.9 Å². The van der Waals surface area contributed by atoms with Crippen LogP contribution in [-0.4, -0.2) is 53.0 Å². The predicted octanol–water partition coefficient (Wildman–Crippen LogP) is 5.67. The minimum atomic E-state index is -0.0429. The second kappa shape index (κ2) is 10.00. The molecule has 178 valence electrons. The molecule has 1 aliphatic heterocycles. The van der Waals surface area contributed by atoms with Crippen molar-refractivity contribution in [1.29, 1.82) is 5.26 Å². The summed E-state index contributed by atoms with van der Waals surface area (Å²) in [5.41, 5.74) is 4.94. The zero-order chi connectivity index (χ0) is 24.6. The second-order valence-electron chi connectivity index (χ2n) is 9.58. The van der Waals surface area contributed by atoms with E-state index in [0.29, 0.717) is 46.6 Å². The first-order valence-corrected chi connectivity index (χ1v) is 12.4. The van der Waals surface area contributed by atoms with Crippen LogP contribution in [0, 0.1) is 24.2 Å². The Bertz CT molecular complexity index is 1280. The standard InChI is InChI=1S/C27H30Cl2N4O/c1-17(2)16-32-7-9-33(10-8-32)27(34)21-5-6-24(28)23(26(21)29)14-20-13-22-18(3)11-19(15-30)12-25(22)31(20)4/h5-6,11-13,17H,7-10,14,16H2,1-4H3. The van der Waals surface area contributed by atoms with Gasteiger partial charge in [-0.05, 0) is 54.3 Å². The molecule has 4 rings (SSSR count). The zero-order valence-corrected chi connectivity index (χ0v) is 21.7. The van der Waals surface area contributed by atoms with Crippen LogP contribution in [0.3, 0.4) is 0 Å². The van der Waals surface area contributed by atoms with Gasteiger partial charge in [-0.25, -0.2) is 0 Å². The van der Waals surface area contributed by atoms with Gasteiger partial charge in [0.05, 0.1) is 22.2 Å². The van der Waals surface area contributed by atoms with Gasteiger partial charge in [0, 0.05) is 67.8 Å². The Balaban J connectivity index is 1.60. The van der Waals surface area contributed by atoms with E-state index < -0.39 is 0 Å². The van der Waals surface area contributed by atoms with E-state index in [9.17, 15) is 10.1 Å². The van der Waals surface area contributed by atoms with Gasteiger partial charge in [0.1, 0.15) is 0 Å². The summed E-state index contributed by atoms with van der Waals surface area (Å²) in [4.78, 5) is 17.6. The lowest BCUT2D eigenvalue weighted by atomic mass is 10.0. The molecule has 1 aromatic heterocycles. The SMILES string of the molecule is Cc1cc(C#N)cc2c1cc(Cc1c(Cl)ccc(C(=O)N3CCN(CC(C)C)CC3)c1Cl)n2C. The molecule has 7 heteroatoms. The number of carbonyl (C=O) groups excluding carboxylic acids is 1. The third kappa shape index (κ3) is 4.81. The van der Waals surface area contributed by atoms with Crippen molar-refractivity contribution in [3.63, 3.8) is 0 Å². The molecule has 0 atom stereocenters. The van der Waals surface area contributed by atoms with E-state index in [1.807, 2.05) is 31.0 Å². The summed E-state index contributed by atoms with van der Waals surface area (Å²) in [6, 6.07) is 11.6. The first-order valence-electron chi connectivity index (χ1n) is 11.7. The van der Waals surface area contributed by atoms with E-state index in [0.717, 1.165) is 47.4 Å². The Morgan fingerprint density at radius 3 is 2.47 bits per heavy atom. The van der Waals surface area contributed by atoms with Gasteiger partial charge >= 0.3 is 0 Å². The molecular formula is C27H30Cl2N4O. The summed E-state index contributed by atoms with van der Waals surface area (Å²) >= 11 is 13.4. The second-order valence-corrected chi connectivity index (χ2v) is 10.4. The van der Waals surface area contributed by atoms with E-state index in [-0.39, 0.29) is 5.91 Å². The average Bonchev–Trinajstić information content (AvgIpc) is 3.12. The molecule has 1 amide bonds. The topological polar surface area (TPSA) is 52.3 Å². The minimum Gasteiger partial charge on any atom is -0.347 e. The Morgan fingerprint density at radius 2 is 1.82 bits per heavy atom. The molecule has 0 radical (unpaired) electrons. The average molecular weight is 497 g/mol. The maximum atomic E-state index is 13.3. The highest BCUT2D eigenvalue weighted by Crippen LogP contribution is 2.33. The normalized spacial score (nSPS) is 14.7. The molecule has 5 nitrogen and oxygen atoms in total. The molecule has 2 heterocycles. The number of nitrogens with zero attached hydrogens (tertiary/aromatic N) is 4. The van der Waals surface area contributed by atoms with Gasteiger partial charge in [-0.1, -0.05) is 37.0 Å². The van der Waals surface area contributed by atoms with Crippen LogP contribution >= 0.6 is 23.2 Å². The Kier molecular flexibility index (Phi) is 7.23. The van der Waals surface area contributed by atoms with Gasteiger partial charge in [-0.2, -0.15) is 5.26 Å². The van der Waals surface area contributed by atoms with E-state index >= 15 is 0 Å². The fourth-order valence-electron chi connectivity index (χ4n) is 4.82. The highest BCUT2D eigenvalue weighted by atomic mass is 35.5. The lowest BCUT2D eigenvalue weighted by Crippen LogP contribution is -2.49. The molecule has 2 aromatic carbocycles. The third-order valence-corrected chi connectivity index (χ3v) is 7.44. The van der Waals surface area contributed by atoms with Gasteiger partial charge in [0.25, 0.3) is 5.91 Å². The molecule has 0 saturated carbocycles. The maximum Gasteiger partial charge on any atom is 0.255 e. The van der Waals surface area contributed by atoms with Crippen LogP contribution < -0.4 is 0 Å². The molecule has 34 heavy (non-hydrogen) atoms. The number of fused-ring (bicyclic) bond motifs is 1. The fourth-order valence-corrected chi connectivity index (χ4v) is 5.41. The number of piperazine rings is 1. The smallest absolute Gasteiger partial charge is 0.255 e. The predicted molar refractivity (Wildman–Crippen MR) is 139 cm³/mol. The summed E-state index contributed by atoms with van der Waals surface area (Å²) in [5, 5.41) is 11.4.